The second-order valence-corrected chi connectivity index (χ2v) is 6.83. The van der Waals surface area contributed by atoms with Crippen LogP contribution < -0.4 is 0 Å². The summed E-state index contributed by atoms with van der Waals surface area (Å²) in [6.45, 7) is 10.1. The predicted octanol–water partition coefficient (Wildman–Crippen LogP) is 2.36. The van der Waals surface area contributed by atoms with Gasteiger partial charge in [-0.2, -0.15) is 0 Å². The number of nitrogens with zero attached hydrogens (tertiary/aromatic N) is 1. The van der Waals surface area contributed by atoms with E-state index in [9.17, 15) is 10.2 Å². The molecule has 0 aromatic carbocycles. The molecule has 0 amide bonds. The lowest BCUT2D eigenvalue weighted by Gasteiger charge is -2.20. The van der Waals surface area contributed by atoms with E-state index in [0.717, 1.165) is 10.7 Å². The van der Waals surface area contributed by atoms with Crippen molar-refractivity contribution in [3.8, 4) is 0 Å². The van der Waals surface area contributed by atoms with Gasteiger partial charge in [0.15, 0.2) is 0 Å². The highest BCUT2D eigenvalue weighted by atomic mass is 32.1. The van der Waals surface area contributed by atoms with E-state index in [1.165, 1.54) is 0 Å². The summed E-state index contributed by atoms with van der Waals surface area (Å²) >= 11 is 1.55. The monoisotopic (exact) mass is 257 g/mol. The highest BCUT2D eigenvalue weighted by Gasteiger charge is 2.23. The molecule has 1 heterocycles. The molecule has 0 fully saturated rings. The SMILES string of the molecule is CC(C)C(O)C(O)Cc1nc(C(C)(C)C)cs1. The van der Waals surface area contributed by atoms with Crippen LogP contribution in [-0.2, 0) is 11.8 Å². The van der Waals surface area contributed by atoms with E-state index in [1.54, 1.807) is 11.3 Å². The molecular formula is C13H23NO2S. The van der Waals surface area contributed by atoms with Crippen LogP contribution in [0, 0.1) is 5.92 Å². The quantitative estimate of drug-likeness (QED) is 0.870. The number of aliphatic hydroxyl groups is 2. The predicted molar refractivity (Wildman–Crippen MR) is 71.4 cm³/mol. The van der Waals surface area contributed by atoms with E-state index in [2.05, 4.69) is 25.8 Å². The lowest BCUT2D eigenvalue weighted by Crippen LogP contribution is -2.32. The zero-order valence-corrected chi connectivity index (χ0v) is 12.1. The Labute approximate surface area is 108 Å². The van der Waals surface area contributed by atoms with Gasteiger partial charge in [-0.15, -0.1) is 11.3 Å². The average molecular weight is 257 g/mol. The van der Waals surface area contributed by atoms with Gasteiger partial charge in [0.1, 0.15) is 0 Å². The summed E-state index contributed by atoms with van der Waals surface area (Å²) in [5.41, 5.74) is 1.08. The van der Waals surface area contributed by atoms with Crippen LogP contribution in [0.2, 0.25) is 0 Å². The number of aliphatic hydroxyl groups excluding tert-OH is 2. The molecular weight excluding hydrogens is 234 g/mol. The fourth-order valence-corrected chi connectivity index (χ4v) is 2.57. The highest BCUT2D eigenvalue weighted by molar-refractivity contribution is 7.09. The van der Waals surface area contributed by atoms with Gasteiger partial charge in [0.2, 0.25) is 0 Å². The molecule has 0 aliphatic rings. The minimum atomic E-state index is -0.728. The molecule has 1 rings (SSSR count). The number of hydrogen-bond acceptors (Lipinski definition) is 4. The normalized spacial score (nSPS) is 16.2. The maximum atomic E-state index is 9.87. The van der Waals surface area contributed by atoms with Gasteiger partial charge in [-0.05, 0) is 5.92 Å². The van der Waals surface area contributed by atoms with Crippen molar-refractivity contribution in [3.05, 3.63) is 16.1 Å². The molecule has 3 nitrogen and oxygen atoms in total. The Bertz CT molecular complexity index is 355. The van der Waals surface area contributed by atoms with Gasteiger partial charge in [-0.3, -0.25) is 0 Å². The minimum absolute atomic E-state index is 0.0381. The Morgan fingerprint density at radius 3 is 2.29 bits per heavy atom. The molecule has 2 atom stereocenters. The number of aromatic nitrogens is 1. The van der Waals surface area contributed by atoms with E-state index in [1.807, 2.05) is 19.2 Å². The Balaban J connectivity index is 2.67. The fraction of sp³-hybridized carbons (Fsp3) is 0.769. The molecule has 2 unspecified atom stereocenters. The number of thiazole rings is 1. The van der Waals surface area contributed by atoms with Gasteiger partial charge in [-0.1, -0.05) is 34.6 Å². The molecule has 0 spiro atoms. The van der Waals surface area contributed by atoms with Crippen LogP contribution in [0.5, 0.6) is 0 Å². The molecule has 1 aromatic rings. The van der Waals surface area contributed by atoms with Crippen LogP contribution in [0.25, 0.3) is 0 Å². The van der Waals surface area contributed by atoms with Crippen molar-refractivity contribution in [2.75, 3.05) is 0 Å². The van der Waals surface area contributed by atoms with E-state index >= 15 is 0 Å². The lowest BCUT2D eigenvalue weighted by atomic mass is 9.93. The second-order valence-electron chi connectivity index (χ2n) is 5.88. The first-order valence-electron chi connectivity index (χ1n) is 6.03. The molecule has 2 N–H and O–H groups in total. The molecule has 98 valence electrons. The zero-order chi connectivity index (χ0) is 13.2. The van der Waals surface area contributed by atoms with Crippen molar-refractivity contribution in [1.82, 2.24) is 4.98 Å². The van der Waals surface area contributed by atoms with Crippen LogP contribution in [0.1, 0.15) is 45.3 Å². The first-order chi connectivity index (χ1) is 7.71. The lowest BCUT2D eigenvalue weighted by molar-refractivity contribution is -0.00735. The van der Waals surface area contributed by atoms with Gasteiger partial charge in [-0.25, -0.2) is 4.98 Å². The fourth-order valence-electron chi connectivity index (χ4n) is 1.49. The molecule has 1 aromatic heterocycles. The maximum absolute atomic E-state index is 9.87. The van der Waals surface area contributed by atoms with Crippen molar-refractivity contribution < 1.29 is 10.2 Å². The molecule has 0 saturated carbocycles. The van der Waals surface area contributed by atoms with Crippen molar-refractivity contribution in [1.29, 1.82) is 0 Å². The van der Waals surface area contributed by atoms with Gasteiger partial charge < -0.3 is 10.2 Å². The Morgan fingerprint density at radius 1 is 1.29 bits per heavy atom. The third kappa shape index (κ3) is 4.05. The van der Waals surface area contributed by atoms with Crippen LogP contribution in [0.4, 0.5) is 0 Å². The number of hydrogen-bond donors (Lipinski definition) is 2. The summed E-state index contributed by atoms with van der Waals surface area (Å²) < 4.78 is 0. The van der Waals surface area contributed by atoms with Crippen LogP contribution in [-0.4, -0.2) is 27.4 Å². The van der Waals surface area contributed by atoms with Gasteiger partial charge >= 0.3 is 0 Å². The standard InChI is InChI=1S/C13H23NO2S/c1-8(2)12(16)9(15)6-11-14-10(7-17-11)13(3,4)5/h7-9,12,15-16H,6H2,1-5H3. The Morgan fingerprint density at radius 2 is 1.88 bits per heavy atom. The van der Waals surface area contributed by atoms with Gasteiger partial charge in [0.05, 0.1) is 22.9 Å². The summed E-state index contributed by atoms with van der Waals surface area (Å²) in [7, 11) is 0. The molecule has 0 radical (unpaired) electrons. The zero-order valence-electron chi connectivity index (χ0n) is 11.3. The summed E-state index contributed by atoms with van der Waals surface area (Å²) in [5, 5.41) is 22.5. The minimum Gasteiger partial charge on any atom is -0.390 e. The Kier molecular flexibility index (Phi) is 4.69. The van der Waals surface area contributed by atoms with Gasteiger partial charge in [0.25, 0.3) is 0 Å². The summed E-state index contributed by atoms with van der Waals surface area (Å²) in [6, 6.07) is 0. The van der Waals surface area contributed by atoms with Crippen molar-refractivity contribution in [3.63, 3.8) is 0 Å². The smallest absolute Gasteiger partial charge is 0.0955 e. The molecule has 4 heteroatoms. The van der Waals surface area contributed by atoms with E-state index < -0.39 is 12.2 Å². The first kappa shape index (κ1) is 14.6. The third-order valence-electron chi connectivity index (χ3n) is 2.78. The van der Waals surface area contributed by atoms with Crippen LogP contribution in [0.3, 0.4) is 0 Å². The third-order valence-corrected chi connectivity index (χ3v) is 3.65. The number of rotatable bonds is 4. The largest absolute Gasteiger partial charge is 0.390 e. The highest BCUT2D eigenvalue weighted by Crippen LogP contribution is 2.25. The van der Waals surface area contributed by atoms with Crippen molar-refractivity contribution in [2.45, 2.75) is 58.7 Å². The summed E-state index contributed by atoms with van der Waals surface area (Å²) in [6.07, 6.45) is -0.981. The molecule has 0 aliphatic heterocycles. The summed E-state index contributed by atoms with van der Waals surface area (Å²) in [5.74, 6) is 0.0621. The van der Waals surface area contributed by atoms with E-state index in [-0.39, 0.29) is 11.3 Å². The average Bonchev–Trinajstić information content (AvgIpc) is 2.64. The molecule has 17 heavy (non-hydrogen) atoms. The van der Waals surface area contributed by atoms with Crippen molar-refractivity contribution >= 4 is 11.3 Å². The Hall–Kier alpha value is -0.450. The summed E-state index contributed by atoms with van der Waals surface area (Å²) in [4.78, 5) is 4.51. The maximum Gasteiger partial charge on any atom is 0.0955 e. The van der Waals surface area contributed by atoms with E-state index in [0.29, 0.717) is 6.42 Å². The van der Waals surface area contributed by atoms with Gasteiger partial charge in [0, 0.05) is 17.2 Å². The van der Waals surface area contributed by atoms with Crippen molar-refractivity contribution in [2.24, 2.45) is 5.92 Å². The molecule has 0 aliphatic carbocycles. The first-order valence-corrected chi connectivity index (χ1v) is 6.90. The van der Waals surface area contributed by atoms with E-state index in [4.69, 9.17) is 0 Å². The van der Waals surface area contributed by atoms with Crippen LogP contribution >= 0.6 is 11.3 Å². The molecule has 0 saturated heterocycles. The van der Waals surface area contributed by atoms with Crippen LogP contribution in [0.15, 0.2) is 5.38 Å². The second kappa shape index (κ2) is 5.46. The molecule has 0 bridgehead atoms. The topological polar surface area (TPSA) is 53.4 Å².